The Kier molecular flexibility index (Phi) is 5.21. The van der Waals surface area contributed by atoms with Gasteiger partial charge >= 0.3 is 0 Å². The van der Waals surface area contributed by atoms with Crippen LogP contribution in [0.15, 0.2) is 17.0 Å². The lowest BCUT2D eigenvalue weighted by Crippen LogP contribution is -2.33. The Morgan fingerprint density at radius 1 is 1.29 bits per heavy atom. The maximum Gasteiger partial charge on any atom is 0.244 e. The van der Waals surface area contributed by atoms with Crippen molar-refractivity contribution in [3.8, 4) is 0 Å². The second-order valence-corrected chi connectivity index (χ2v) is 8.42. The summed E-state index contributed by atoms with van der Waals surface area (Å²) in [5, 5.41) is 3.97. The third kappa shape index (κ3) is 3.90. The molecular weight excluding hydrogens is 331 g/mol. The molecule has 1 aliphatic carbocycles. The molecule has 0 unspecified atom stereocenters. The van der Waals surface area contributed by atoms with Gasteiger partial charge in [-0.1, -0.05) is 23.2 Å². The highest BCUT2D eigenvalue weighted by molar-refractivity contribution is 7.89. The van der Waals surface area contributed by atoms with Gasteiger partial charge < -0.3 is 5.32 Å². The molecule has 0 amide bonds. The molecule has 1 aliphatic rings. The standard InChI is InChI=1S/C14H20Cl2N2O2S/c1-9(2)18(3)21(19,20)14-6-10(8-17-11-4-5-11)12(15)7-13(14)16/h6-7,9,11,17H,4-5,8H2,1-3H3. The first-order valence-electron chi connectivity index (χ1n) is 6.93. The van der Waals surface area contributed by atoms with E-state index >= 15 is 0 Å². The Bertz CT molecular complexity index is 628. The van der Waals surface area contributed by atoms with Crippen LogP contribution >= 0.6 is 23.2 Å². The Morgan fingerprint density at radius 3 is 2.43 bits per heavy atom. The van der Waals surface area contributed by atoms with Crippen molar-refractivity contribution in [2.24, 2.45) is 0 Å². The number of halogens is 2. The minimum Gasteiger partial charge on any atom is -0.310 e. The van der Waals surface area contributed by atoms with Crippen molar-refractivity contribution in [2.45, 2.75) is 50.2 Å². The maximum atomic E-state index is 12.6. The number of benzene rings is 1. The van der Waals surface area contributed by atoms with Gasteiger partial charge in [-0.05, 0) is 44.4 Å². The average molecular weight is 351 g/mol. The van der Waals surface area contributed by atoms with E-state index in [1.165, 1.54) is 10.4 Å². The fourth-order valence-corrected chi connectivity index (χ4v) is 4.08. The average Bonchev–Trinajstić information content (AvgIpc) is 3.20. The Hall–Kier alpha value is -0.330. The molecule has 2 rings (SSSR count). The van der Waals surface area contributed by atoms with Crippen LogP contribution in [-0.2, 0) is 16.6 Å². The number of nitrogens with one attached hydrogen (secondary N) is 1. The summed E-state index contributed by atoms with van der Waals surface area (Å²) in [5.74, 6) is 0. The molecule has 4 nitrogen and oxygen atoms in total. The van der Waals surface area contributed by atoms with Gasteiger partial charge in [-0.25, -0.2) is 8.42 Å². The van der Waals surface area contributed by atoms with Crippen LogP contribution in [0.25, 0.3) is 0 Å². The molecule has 1 N–H and O–H groups in total. The maximum absolute atomic E-state index is 12.6. The summed E-state index contributed by atoms with van der Waals surface area (Å²) in [7, 11) is -2.07. The fourth-order valence-electron chi connectivity index (χ4n) is 1.88. The summed E-state index contributed by atoms with van der Waals surface area (Å²) < 4.78 is 26.5. The van der Waals surface area contributed by atoms with Gasteiger partial charge in [0.2, 0.25) is 10.0 Å². The van der Waals surface area contributed by atoms with Gasteiger partial charge in [-0.2, -0.15) is 4.31 Å². The van der Waals surface area contributed by atoms with E-state index in [1.54, 1.807) is 13.1 Å². The van der Waals surface area contributed by atoms with Crippen LogP contribution in [0.2, 0.25) is 10.0 Å². The van der Waals surface area contributed by atoms with Crippen LogP contribution in [-0.4, -0.2) is 31.9 Å². The van der Waals surface area contributed by atoms with Crippen LogP contribution in [0.3, 0.4) is 0 Å². The molecule has 1 saturated carbocycles. The molecular formula is C14H20Cl2N2O2S. The number of hydrogen-bond donors (Lipinski definition) is 1. The highest BCUT2D eigenvalue weighted by atomic mass is 35.5. The first-order chi connectivity index (χ1) is 9.73. The highest BCUT2D eigenvalue weighted by Gasteiger charge is 2.27. The van der Waals surface area contributed by atoms with Gasteiger partial charge in [0.15, 0.2) is 0 Å². The molecule has 21 heavy (non-hydrogen) atoms. The molecule has 0 bridgehead atoms. The third-order valence-electron chi connectivity index (χ3n) is 3.64. The Morgan fingerprint density at radius 2 is 1.90 bits per heavy atom. The molecule has 1 fully saturated rings. The molecule has 0 spiro atoms. The van der Waals surface area contributed by atoms with Gasteiger partial charge in [0.25, 0.3) is 0 Å². The third-order valence-corrected chi connectivity index (χ3v) is 6.49. The quantitative estimate of drug-likeness (QED) is 0.856. The summed E-state index contributed by atoms with van der Waals surface area (Å²) in [6, 6.07) is 3.47. The fraction of sp³-hybridized carbons (Fsp3) is 0.571. The summed E-state index contributed by atoms with van der Waals surface area (Å²) in [4.78, 5) is 0.109. The summed E-state index contributed by atoms with van der Waals surface area (Å²) in [6.07, 6.45) is 2.32. The van der Waals surface area contributed by atoms with E-state index in [-0.39, 0.29) is 16.0 Å². The zero-order valence-corrected chi connectivity index (χ0v) is 14.7. The normalized spacial score (nSPS) is 16.0. The Labute approximate surface area is 136 Å². The molecule has 1 aromatic rings. The van der Waals surface area contributed by atoms with Gasteiger partial charge in [0.1, 0.15) is 4.90 Å². The van der Waals surface area contributed by atoms with Crippen molar-refractivity contribution in [1.82, 2.24) is 9.62 Å². The van der Waals surface area contributed by atoms with Crippen LogP contribution < -0.4 is 5.32 Å². The molecule has 0 radical (unpaired) electrons. The van der Waals surface area contributed by atoms with Crippen molar-refractivity contribution in [1.29, 1.82) is 0 Å². The monoisotopic (exact) mass is 350 g/mol. The van der Waals surface area contributed by atoms with Gasteiger partial charge in [0.05, 0.1) is 5.02 Å². The van der Waals surface area contributed by atoms with Crippen molar-refractivity contribution in [3.05, 3.63) is 27.7 Å². The first-order valence-corrected chi connectivity index (χ1v) is 9.12. The zero-order valence-electron chi connectivity index (χ0n) is 12.4. The number of rotatable bonds is 6. The van der Waals surface area contributed by atoms with E-state index in [0.717, 1.165) is 18.4 Å². The summed E-state index contributed by atoms with van der Waals surface area (Å²) in [6.45, 7) is 4.18. The minimum atomic E-state index is -3.62. The molecule has 0 aromatic heterocycles. The lowest BCUT2D eigenvalue weighted by atomic mass is 10.2. The number of nitrogens with zero attached hydrogens (tertiary/aromatic N) is 1. The van der Waals surface area contributed by atoms with E-state index in [1.807, 2.05) is 13.8 Å². The van der Waals surface area contributed by atoms with Crippen molar-refractivity contribution in [3.63, 3.8) is 0 Å². The molecule has 1 aromatic carbocycles. The van der Waals surface area contributed by atoms with E-state index in [0.29, 0.717) is 17.6 Å². The lowest BCUT2D eigenvalue weighted by molar-refractivity contribution is 0.410. The van der Waals surface area contributed by atoms with Crippen LogP contribution in [0.4, 0.5) is 0 Å². The van der Waals surface area contributed by atoms with E-state index < -0.39 is 10.0 Å². The van der Waals surface area contributed by atoms with Crippen molar-refractivity contribution < 1.29 is 8.42 Å². The number of sulfonamides is 1. The molecule has 0 aliphatic heterocycles. The predicted octanol–water partition coefficient (Wildman–Crippen LogP) is 3.27. The number of hydrogen-bond acceptors (Lipinski definition) is 3. The minimum absolute atomic E-state index is 0.109. The molecule has 118 valence electrons. The SMILES string of the molecule is CC(C)N(C)S(=O)(=O)c1cc(CNC2CC2)c(Cl)cc1Cl. The van der Waals surface area contributed by atoms with E-state index in [4.69, 9.17) is 23.2 Å². The van der Waals surface area contributed by atoms with E-state index in [2.05, 4.69) is 5.32 Å². The second-order valence-electron chi connectivity index (χ2n) is 5.64. The molecule has 0 atom stereocenters. The predicted molar refractivity (Wildman–Crippen MR) is 86.4 cm³/mol. The highest BCUT2D eigenvalue weighted by Crippen LogP contribution is 2.31. The molecule has 0 heterocycles. The van der Waals surface area contributed by atoms with Crippen molar-refractivity contribution in [2.75, 3.05) is 7.05 Å². The van der Waals surface area contributed by atoms with Gasteiger partial charge in [-0.15, -0.1) is 0 Å². The van der Waals surface area contributed by atoms with E-state index in [9.17, 15) is 8.42 Å². The summed E-state index contributed by atoms with van der Waals surface area (Å²) >= 11 is 12.3. The van der Waals surface area contributed by atoms with Crippen LogP contribution in [0, 0.1) is 0 Å². The van der Waals surface area contributed by atoms with Crippen molar-refractivity contribution >= 4 is 33.2 Å². The molecule has 0 saturated heterocycles. The lowest BCUT2D eigenvalue weighted by Gasteiger charge is -2.22. The van der Waals surface area contributed by atoms with Gasteiger partial charge in [-0.3, -0.25) is 0 Å². The zero-order chi connectivity index (χ0) is 15.8. The van der Waals surface area contributed by atoms with Gasteiger partial charge in [0, 0.05) is 30.7 Å². The largest absolute Gasteiger partial charge is 0.310 e. The second kappa shape index (κ2) is 6.42. The van der Waals surface area contributed by atoms with Crippen LogP contribution in [0.1, 0.15) is 32.3 Å². The Balaban J connectivity index is 2.35. The molecule has 7 heteroatoms. The first kappa shape index (κ1) is 17.0. The summed E-state index contributed by atoms with van der Waals surface area (Å²) in [5.41, 5.74) is 0.753. The van der Waals surface area contributed by atoms with Crippen LogP contribution in [0.5, 0.6) is 0 Å². The smallest absolute Gasteiger partial charge is 0.244 e. The topological polar surface area (TPSA) is 49.4 Å².